The van der Waals surface area contributed by atoms with Crippen molar-refractivity contribution in [2.24, 2.45) is 0 Å². The zero-order chi connectivity index (χ0) is 12.1. The lowest BCUT2D eigenvalue weighted by Crippen LogP contribution is -2.28. The summed E-state index contributed by atoms with van der Waals surface area (Å²) in [5.41, 5.74) is 0. The first-order valence-electron chi connectivity index (χ1n) is 6.17. The number of carbonyl (C=O) groups is 1. The number of hydrogen-bond donors (Lipinski definition) is 0. The average Bonchev–Trinajstić information content (AvgIpc) is 2.75. The second-order valence-electron chi connectivity index (χ2n) is 3.10. The van der Waals surface area contributed by atoms with E-state index in [-0.39, 0.29) is 6.09 Å². The molecule has 0 aromatic heterocycles. The second kappa shape index (κ2) is 13.3. The summed E-state index contributed by atoms with van der Waals surface area (Å²) in [6, 6.07) is 0. The summed E-state index contributed by atoms with van der Waals surface area (Å²) < 4.78 is 4.81. The highest BCUT2D eigenvalue weighted by molar-refractivity contribution is 5.67. The quantitative estimate of drug-likeness (QED) is 0.670. The van der Waals surface area contributed by atoms with Crippen LogP contribution < -0.4 is 0 Å². The molecular formula is C12H27NO2. The highest BCUT2D eigenvalue weighted by atomic mass is 16.6. The molecule has 0 radical (unpaired) electrons. The normalized spacial score (nSPS) is 13.3. The molecule has 92 valence electrons. The van der Waals surface area contributed by atoms with E-state index in [1.54, 1.807) is 4.90 Å². The van der Waals surface area contributed by atoms with Crippen LogP contribution in [0, 0.1) is 0 Å². The van der Waals surface area contributed by atoms with Crippen LogP contribution >= 0.6 is 0 Å². The zero-order valence-corrected chi connectivity index (χ0v) is 11.0. The summed E-state index contributed by atoms with van der Waals surface area (Å²) in [7, 11) is 0. The topological polar surface area (TPSA) is 29.5 Å². The molecular weight excluding hydrogens is 190 g/mol. The van der Waals surface area contributed by atoms with E-state index in [9.17, 15) is 4.79 Å². The molecule has 15 heavy (non-hydrogen) atoms. The van der Waals surface area contributed by atoms with Crippen LogP contribution in [0.2, 0.25) is 0 Å². The summed E-state index contributed by atoms with van der Waals surface area (Å²) in [5, 5.41) is 0. The third-order valence-electron chi connectivity index (χ3n) is 1.63. The molecule has 0 aliphatic carbocycles. The zero-order valence-electron chi connectivity index (χ0n) is 11.0. The standard InChI is InChI=1S/C7H13NO2.C3H8.C2H6/c1-2-10-7(9)8-5-3-4-6-8;1-3-2;1-2/h2-6H2,1H3;3H2,1-2H3;1-2H3. The van der Waals surface area contributed by atoms with E-state index < -0.39 is 0 Å². The van der Waals surface area contributed by atoms with Crippen molar-refractivity contribution in [2.75, 3.05) is 19.7 Å². The molecule has 1 amide bonds. The highest BCUT2D eigenvalue weighted by Crippen LogP contribution is 2.08. The van der Waals surface area contributed by atoms with Gasteiger partial charge in [0.05, 0.1) is 6.61 Å². The van der Waals surface area contributed by atoms with Crippen LogP contribution in [0.1, 0.15) is 53.9 Å². The lowest BCUT2D eigenvalue weighted by Gasteiger charge is -2.13. The largest absolute Gasteiger partial charge is 0.450 e. The predicted molar refractivity (Wildman–Crippen MR) is 65.1 cm³/mol. The number of hydrogen-bond acceptors (Lipinski definition) is 2. The van der Waals surface area contributed by atoms with Crippen molar-refractivity contribution in [1.29, 1.82) is 0 Å². The van der Waals surface area contributed by atoms with Gasteiger partial charge in [0.2, 0.25) is 0 Å². The molecule has 1 aliphatic heterocycles. The van der Waals surface area contributed by atoms with Gasteiger partial charge in [0.25, 0.3) is 0 Å². The van der Waals surface area contributed by atoms with Crippen LogP contribution in [0.15, 0.2) is 0 Å². The molecule has 0 saturated carbocycles. The van der Waals surface area contributed by atoms with Crippen LogP contribution in [-0.4, -0.2) is 30.7 Å². The Balaban J connectivity index is 0. The lowest BCUT2D eigenvalue weighted by molar-refractivity contribution is 0.116. The molecule has 0 spiro atoms. The van der Waals surface area contributed by atoms with Gasteiger partial charge < -0.3 is 9.64 Å². The first-order valence-corrected chi connectivity index (χ1v) is 6.17. The number of likely N-dealkylation sites (tertiary alicyclic amines) is 1. The Morgan fingerprint density at radius 3 is 1.87 bits per heavy atom. The highest BCUT2D eigenvalue weighted by Gasteiger charge is 2.17. The number of ether oxygens (including phenoxy) is 1. The Morgan fingerprint density at radius 2 is 1.53 bits per heavy atom. The number of amides is 1. The van der Waals surface area contributed by atoms with E-state index in [0.29, 0.717) is 6.61 Å². The first-order chi connectivity index (χ1) is 7.26. The van der Waals surface area contributed by atoms with Gasteiger partial charge in [0.15, 0.2) is 0 Å². The minimum atomic E-state index is -0.153. The van der Waals surface area contributed by atoms with Gasteiger partial charge in [-0.1, -0.05) is 34.1 Å². The fourth-order valence-corrected chi connectivity index (χ4v) is 1.11. The molecule has 1 aliphatic rings. The van der Waals surface area contributed by atoms with Gasteiger partial charge in [0.1, 0.15) is 0 Å². The molecule has 0 unspecified atom stereocenters. The van der Waals surface area contributed by atoms with Crippen molar-refractivity contribution in [2.45, 2.75) is 53.9 Å². The molecule has 0 atom stereocenters. The van der Waals surface area contributed by atoms with Crippen molar-refractivity contribution in [3.8, 4) is 0 Å². The molecule has 0 aromatic rings. The van der Waals surface area contributed by atoms with Gasteiger partial charge in [-0.3, -0.25) is 0 Å². The maximum Gasteiger partial charge on any atom is 0.409 e. The number of carbonyl (C=O) groups excluding carboxylic acids is 1. The van der Waals surface area contributed by atoms with Crippen molar-refractivity contribution in [3.63, 3.8) is 0 Å². The predicted octanol–water partition coefficient (Wildman–Crippen LogP) is 3.68. The SMILES string of the molecule is CC.CCC.CCOC(=O)N1CCCC1. The van der Waals surface area contributed by atoms with Crippen LogP contribution in [0.4, 0.5) is 4.79 Å². The number of nitrogens with zero attached hydrogens (tertiary/aromatic N) is 1. The van der Waals surface area contributed by atoms with Gasteiger partial charge in [0, 0.05) is 13.1 Å². The summed E-state index contributed by atoms with van der Waals surface area (Å²) >= 11 is 0. The molecule has 1 rings (SSSR count). The Labute approximate surface area is 94.8 Å². The minimum absolute atomic E-state index is 0.153. The van der Waals surface area contributed by atoms with E-state index in [0.717, 1.165) is 25.9 Å². The van der Waals surface area contributed by atoms with E-state index >= 15 is 0 Å². The fraction of sp³-hybridized carbons (Fsp3) is 0.917. The molecule has 3 nitrogen and oxygen atoms in total. The fourth-order valence-electron chi connectivity index (χ4n) is 1.11. The van der Waals surface area contributed by atoms with Crippen molar-refractivity contribution >= 4 is 6.09 Å². The van der Waals surface area contributed by atoms with Gasteiger partial charge >= 0.3 is 6.09 Å². The van der Waals surface area contributed by atoms with Crippen LogP contribution in [0.25, 0.3) is 0 Å². The molecule has 0 aromatic carbocycles. The van der Waals surface area contributed by atoms with Crippen LogP contribution in [0.3, 0.4) is 0 Å². The average molecular weight is 217 g/mol. The van der Waals surface area contributed by atoms with E-state index in [1.165, 1.54) is 6.42 Å². The Morgan fingerprint density at radius 1 is 1.13 bits per heavy atom. The van der Waals surface area contributed by atoms with Crippen molar-refractivity contribution < 1.29 is 9.53 Å². The summed E-state index contributed by atoms with van der Waals surface area (Å²) in [6.07, 6.45) is 3.34. The molecule has 1 heterocycles. The van der Waals surface area contributed by atoms with Gasteiger partial charge in [-0.2, -0.15) is 0 Å². The maximum absolute atomic E-state index is 10.9. The van der Waals surface area contributed by atoms with Crippen LogP contribution in [0.5, 0.6) is 0 Å². The second-order valence-corrected chi connectivity index (χ2v) is 3.10. The monoisotopic (exact) mass is 217 g/mol. The van der Waals surface area contributed by atoms with Crippen molar-refractivity contribution in [3.05, 3.63) is 0 Å². The summed E-state index contributed by atoms with van der Waals surface area (Å²) in [6.45, 7) is 12.3. The minimum Gasteiger partial charge on any atom is -0.450 e. The van der Waals surface area contributed by atoms with Gasteiger partial charge in [-0.05, 0) is 19.8 Å². The Bertz CT molecular complexity index is 132. The molecule has 1 fully saturated rings. The summed E-state index contributed by atoms with van der Waals surface area (Å²) in [4.78, 5) is 12.7. The first kappa shape index (κ1) is 16.7. The van der Waals surface area contributed by atoms with E-state index in [2.05, 4.69) is 13.8 Å². The van der Waals surface area contributed by atoms with Gasteiger partial charge in [-0.15, -0.1) is 0 Å². The van der Waals surface area contributed by atoms with Crippen molar-refractivity contribution in [1.82, 2.24) is 4.90 Å². The smallest absolute Gasteiger partial charge is 0.409 e. The van der Waals surface area contributed by atoms with E-state index in [1.807, 2.05) is 20.8 Å². The van der Waals surface area contributed by atoms with Gasteiger partial charge in [-0.25, -0.2) is 4.79 Å². The Hall–Kier alpha value is -0.730. The van der Waals surface area contributed by atoms with Crippen LogP contribution in [-0.2, 0) is 4.74 Å². The Kier molecular flexibility index (Phi) is 14.8. The summed E-state index contributed by atoms with van der Waals surface area (Å²) in [5.74, 6) is 0. The third-order valence-corrected chi connectivity index (χ3v) is 1.63. The molecule has 1 saturated heterocycles. The molecule has 0 bridgehead atoms. The molecule has 3 heteroatoms. The molecule has 0 N–H and O–H groups in total. The van der Waals surface area contributed by atoms with E-state index in [4.69, 9.17) is 4.74 Å². The lowest BCUT2D eigenvalue weighted by atomic mass is 10.4. The maximum atomic E-state index is 10.9. The number of rotatable bonds is 1. The third kappa shape index (κ3) is 9.57.